The number of benzene rings is 2. The highest BCUT2D eigenvalue weighted by Crippen LogP contribution is 2.60. The molecule has 2 aromatic rings. The lowest BCUT2D eigenvalue weighted by atomic mass is 9.92. The lowest BCUT2D eigenvalue weighted by Crippen LogP contribution is -2.07. The Morgan fingerprint density at radius 3 is 2.71 bits per heavy atom. The third kappa shape index (κ3) is 1.91. The molecule has 0 bridgehead atoms. The van der Waals surface area contributed by atoms with Crippen molar-refractivity contribution in [1.29, 1.82) is 0 Å². The summed E-state index contributed by atoms with van der Waals surface area (Å²) in [6.45, 7) is 0. The van der Waals surface area contributed by atoms with Gasteiger partial charge in [-0.25, -0.2) is 8.78 Å². The van der Waals surface area contributed by atoms with E-state index < -0.39 is 11.6 Å². The average molecular weight is 284 g/mol. The Kier molecular flexibility index (Phi) is 2.71. The molecular formula is C18H14F2O. The van der Waals surface area contributed by atoms with E-state index in [2.05, 4.69) is 12.1 Å². The van der Waals surface area contributed by atoms with Gasteiger partial charge in [-0.3, -0.25) is 4.79 Å². The quantitative estimate of drug-likeness (QED) is 0.758. The molecule has 4 rings (SSSR count). The van der Waals surface area contributed by atoms with E-state index >= 15 is 0 Å². The summed E-state index contributed by atoms with van der Waals surface area (Å²) in [5.41, 5.74) is 2.55. The van der Waals surface area contributed by atoms with Gasteiger partial charge < -0.3 is 0 Å². The molecule has 0 amide bonds. The second kappa shape index (κ2) is 4.48. The number of fused-ring (bicyclic) bond motifs is 3. The molecule has 0 N–H and O–H groups in total. The third-order valence-electron chi connectivity index (χ3n) is 4.83. The van der Waals surface area contributed by atoms with Gasteiger partial charge in [0.25, 0.3) is 0 Å². The largest absolute Gasteiger partial charge is 0.294 e. The van der Waals surface area contributed by atoms with Gasteiger partial charge in [-0.15, -0.1) is 0 Å². The minimum absolute atomic E-state index is 0.0216. The predicted molar refractivity (Wildman–Crippen MR) is 75.2 cm³/mol. The Bertz CT molecular complexity index is 738. The van der Waals surface area contributed by atoms with Crippen molar-refractivity contribution < 1.29 is 13.6 Å². The highest BCUT2D eigenvalue weighted by molar-refractivity contribution is 6.01. The molecule has 0 spiro atoms. The summed E-state index contributed by atoms with van der Waals surface area (Å²) in [4.78, 5) is 12.6. The molecule has 3 unspecified atom stereocenters. The van der Waals surface area contributed by atoms with Crippen LogP contribution in [0, 0.1) is 23.5 Å². The molecule has 1 saturated carbocycles. The van der Waals surface area contributed by atoms with Crippen LogP contribution in [0.2, 0.25) is 0 Å². The highest BCUT2D eigenvalue weighted by Gasteiger charge is 2.57. The molecular weight excluding hydrogens is 270 g/mol. The van der Waals surface area contributed by atoms with Crippen molar-refractivity contribution in [2.24, 2.45) is 11.8 Å². The summed E-state index contributed by atoms with van der Waals surface area (Å²) >= 11 is 0. The monoisotopic (exact) mass is 284 g/mol. The van der Waals surface area contributed by atoms with Gasteiger partial charge in [0.05, 0.1) is 5.56 Å². The first-order valence-corrected chi connectivity index (χ1v) is 7.24. The van der Waals surface area contributed by atoms with Gasteiger partial charge in [-0.1, -0.05) is 24.3 Å². The topological polar surface area (TPSA) is 17.1 Å². The first-order valence-electron chi connectivity index (χ1n) is 7.24. The van der Waals surface area contributed by atoms with E-state index in [9.17, 15) is 13.6 Å². The van der Waals surface area contributed by atoms with Crippen molar-refractivity contribution in [2.45, 2.75) is 18.8 Å². The van der Waals surface area contributed by atoms with Crippen LogP contribution in [0.25, 0.3) is 0 Å². The van der Waals surface area contributed by atoms with Crippen molar-refractivity contribution in [3.05, 3.63) is 70.8 Å². The molecule has 0 aromatic heterocycles. The van der Waals surface area contributed by atoms with E-state index in [0.29, 0.717) is 5.92 Å². The molecule has 2 aromatic carbocycles. The van der Waals surface area contributed by atoms with Crippen LogP contribution in [0.3, 0.4) is 0 Å². The Morgan fingerprint density at radius 1 is 1.10 bits per heavy atom. The summed E-state index contributed by atoms with van der Waals surface area (Å²) in [7, 11) is 0. The van der Waals surface area contributed by atoms with Crippen LogP contribution in [0.15, 0.2) is 42.5 Å². The van der Waals surface area contributed by atoms with Crippen molar-refractivity contribution >= 4 is 5.78 Å². The molecule has 3 atom stereocenters. The fourth-order valence-corrected chi connectivity index (χ4v) is 3.79. The standard InChI is InChI=1S/C18H14F2O/c19-11-6-8-13(15(20)9-11)18(21)17-14-7-5-10-3-1-2-4-12(10)16(14)17/h1-4,6,8-9,14,16-17H,5,7H2. The number of halogens is 2. The van der Waals surface area contributed by atoms with Crippen molar-refractivity contribution in [1.82, 2.24) is 0 Å². The molecule has 106 valence electrons. The van der Waals surface area contributed by atoms with Crippen LogP contribution in [-0.2, 0) is 6.42 Å². The molecule has 1 nitrogen and oxygen atoms in total. The summed E-state index contributed by atoms with van der Waals surface area (Å²) in [6.07, 6.45) is 1.95. The SMILES string of the molecule is O=C(c1ccc(F)cc1F)C1C2CCc3ccccc3C21. The first-order chi connectivity index (χ1) is 10.2. The second-order valence-corrected chi connectivity index (χ2v) is 5.94. The summed E-state index contributed by atoms with van der Waals surface area (Å²) < 4.78 is 26.8. The Balaban J connectivity index is 1.66. The van der Waals surface area contributed by atoms with Gasteiger partial charge >= 0.3 is 0 Å². The van der Waals surface area contributed by atoms with Crippen LogP contribution in [-0.4, -0.2) is 5.78 Å². The van der Waals surface area contributed by atoms with E-state index in [1.807, 2.05) is 12.1 Å². The maximum atomic E-state index is 13.8. The molecule has 21 heavy (non-hydrogen) atoms. The first kappa shape index (κ1) is 12.7. The zero-order valence-electron chi connectivity index (χ0n) is 11.4. The average Bonchev–Trinajstić information content (AvgIpc) is 3.21. The van der Waals surface area contributed by atoms with Crippen molar-refractivity contribution in [3.63, 3.8) is 0 Å². The predicted octanol–water partition coefficient (Wildman–Crippen LogP) is 4.12. The van der Waals surface area contributed by atoms with Gasteiger partial charge in [0.2, 0.25) is 0 Å². The van der Waals surface area contributed by atoms with E-state index in [4.69, 9.17) is 0 Å². The summed E-state index contributed by atoms with van der Waals surface area (Å²) in [5, 5.41) is 0. The van der Waals surface area contributed by atoms with Crippen LogP contribution in [0.4, 0.5) is 8.78 Å². The summed E-state index contributed by atoms with van der Waals surface area (Å²) in [5.74, 6) is -1.20. The molecule has 0 saturated heterocycles. The Hall–Kier alpha value is -2.03. The molecule has 3 heteroatoms. The number of ketones is 1. The molecule has 2 aliphatic rings. The fourth-order valence-electron chi connectivity index (χ4n) is 3.79. The van der Waals surface area contributed by atoms with Crippen molar-refractivity contribution in [2.75, 3.05) is 0 Å². The van der Waals surface area contributed by atoms with E-state index in [-0.39, 0.29) is 23.2 Å². The van der Waals surface area contributed by atoms with Gasteiger partial charge in [0.15, 0.2) is 5.78 Å². The number of carbonyl (C=O) groups is 1. The zero-order chi connectivity index (χ0) is 14.6. The summed E-state index contributed by atoms with van der Waals surface area (Å²) in [6, 6.07) is 11.4. The number of Topliss-reactive ketones (excluding diaryl/α,β-unsaturated/α-hetero) is 1. The maximum absolute atomic E-state index is 13.8. The maximum Gasteiger partial charge on any atom is 0.169 e. The highest BCUT2D eigenvalue weighted by atomic mass is 19.1. The minimum atomic E-state index is -0.753. The van der Waals surface area contributed by atoms with Crippen molar-refractivity contribution in [3.8, 4) is 0 Å². The lowest BCUT2D eigenvalue weighted by molar-refractivity contribution is 0.0955. The number of aryl methyl sites for hydroxylation is 1. The number of hydrogen-bond donors (Lipinski definition) is 0. The number of hydrogen-bond acceptors (Lipinski definition) is 1. The van der Waals surface area contributed by atoms with E-state index in [1.165, 1.54) is 17.2 Å². The van der Waals surface area contributed by atoms with Crippen LogP contribution < -0.4 is 0 Å². The zero-order valence-corrected chi connectivity index (χ0v) is 11.4. The minimum Gasteiger partial charge on any atom is -0.294 e. The number of rotatable bonds is 2. The van der Waals surface area contributed by atoms with Crippen LogP contribution in [0.1, 0.15) is 33.8 Å². The van der Waals surface area contributed by atoms with Gasteiger partial charge in [0.1, 0.15) is 11.6 Å². The smallest absolute Gasteiger partial charge is 0.169 e. The van der Waals surface area contributed by atoms with Crippen LogP contribution in [0.5, 0.6) is 0 Å². The fraction of sp³-hybridized carbons (Fsp3) is 0.278. The molecule has 0 radical (unpaired) electrons. The van der Waals surface area contributed by atoms with Crippen LogP contribution >= 0.6 is 0 Å². The van der Waals surface area contributed by atoms with Gasteiger partial charge in [0, 0.05) is 12.0 Å². The Morgan fingerprint density at radius 2 is 1.90 bits per heavy atom. The lowest BCUT2D eigenvalue weighted by Gasteiger charge is -2.13. The van der Waals surface area contributed by atoms with Gasteiger partial charge in [-0.2, -0.15) is 0 Å². The second-order valence-electron chi connectivity index (χ2n) is 5.94. The third-order valence-corrected chi connectivity index (χ3v) is 4.83. The van der Waals surface area contributed by atoms with E-state index in [0.717, 1.165) is 25.0 Å². The molecule has 0 aliphatic heterocycles. The Labute approximate surface area is 121 Å². The molecule has 1 fully saturated rings. The molecule has 0 heterocycles. The van der Waals surface area contributed by atoms with Gasteiger partial charge in [-0.05, 0) is 47.9 Å². The number of carbonyl (C=O) groups excluding carboxylic acids is 1. The molecule has 2 aliphatic carbocycles. The normalized spacial score (nSPS) is 25.9. The van der Waals surface area contributed by atoms with E-state index in [1.54, 1.807) is 0 Å².